The number of halogens is 2. The van der Waals surface area contributed by atoms with E-state index >= 15 is 0 Å². The Balaban J connectivity index is 1.59. The van der Waals surface area contributed by atoms with Crippen LogP contribution in [0.3, 0.4) is 0 Å². The number of rotatable bonds is 7. The van der Waals surface area contributed by atoms with Crippen molar-refractivity contribution in [2.45, 2.75) is 25.6 Å². The van der Waals surface area contributed by atoms with Crippen molar-refractivity contribution in [1.82, 2.24) is 9.78 Å². The summed E-state index contributed by atoms with van der Waals surface area (Å²) in [7, 11) is 1.88. The molecule has 3 rings (SSSR count). The highest BCUT2D eigenvalue weighted by Crippen LogP contribution is 2.26. The van der Waals surface area contributed by atoms with Gasteiger partial charge >= 0.3 is 0 Å². The minimum absolute atomic E-state index is 0.00950. The van der Waals surface area contributed by atoms with E-state index in [2.05, 4.69) is 10.4 Å². The normalized spacial score (nSPS) is 14.5. The molecule has 148 valence electrons. The highest BCUT2D eigenvalue weighted by atomic mass is 35.5. The predicted octanol–water partition coefficient (Wildman–Crippen LogP) is 4.34. The summed E-state index contributed by atoms with van der Waals surface area (Å²) in [6.45, 7) is 1.91. The van der Waals surface area contributed by atoms with Crippen LogP contribution in [0.1, 0.15) is 24.9 Å². The molecule has 0 bridgehead atoms. The average molecular weight is 403 g/mol. The van der Waals surface area contributed by atoms with Crippen molar-refractivity contribution in [3.63, 3.8) is 0 Å². The number of hydrogen-bond acceptors (Lipinski definition) is 4. The second kappa shape index (κ2) is 8.73. The largest absolute Gasteiger partial charge is 0.374 e. The molecule has 5 nitrogen and oxygen atoms in total. The Bertz CT molecular complexity index is 928. The number of aryl methyl sites for hydroxylation is 1. The number of nitrogens with zero attached hydrogens (tertiary/aromatic N) is 2. The number of aromatic nitrogens is 2. The van der Waals surface area contributed by atoms with Crippen molar-refractivity contribution in [3.05, 3.63) is 71.3 Å². The summed E-state index contributed by atoms with van der Waals surface area (Å²) in [5, 5.41) is 17.5. The average Bonchev–Trinajstić information content (AvgIpc) is 3.11. The molecule has 1 aromatic heterocycles. The maximum atomic E-state index is 13.2. The van der Waals surface area contributed by atoms with E-state index in [1.165, 1.54) is 18.2 Å². The maximum absolute atomic E-state index is 13.2. The third-order valence-corrected chi connectivity index (χ3v) is 5.07. The summed E-state index contributed by atoms with van der Waals surface area (Å²) in [6.07, 6.45) is 3.53. The fourth-order valence-electron chi connectivity index (χ4n) is 3.06. The third-order valence-electron chi connectivity index (χ3n) is 4.78. The molecule has 3 aromatic rings. The molecule has 0 aliphatic rings. The van der Waals surface area contributed by atoms with Crippen molar-refractivity contribution in [2.24, 2.45) is 18.7 Å². The number of anilines is 1. The Morgan fingerprint density at radius 3 is 2.54 bits per heavy atom. The molecule has 0 radical (unpaired) electrons. The second-order valence-electron chi connectivity index (χ2n) is 7.06. The minimum Gasteiger partial charge on any atom is -0.374 e. The molecule has 0 saturated heterocycles. The van der Waals surface area contributed by atoms with E-state index in [-0.39, 0.29) is 17.0 Å². The molecule has 0 spiro atoms. The van der Waals surface area contributed by atoms with Crippen LogP contribution in [0.5, 0.6) is 0 Å². The van der Waals surface area contributed by atoms with Crippen molar-refractivity contribution in [2.75, 3.05) is 5.32 Å². The van der Waals surface area contributed by atoms with Gasteiger partial charge in [-0.05, 0) is 35.7 Å². The Morgan fingerprint density at radius 1 is 1.21 bits per heavy atom. The molecular formula is C21H24ClFN4O. The molecular weight excluding hydrogens is 379 g/mol. The van der Waals surface area contributed by atoms with Gasteiger partial charge in [0.15, 0.2) is 0 Å². The van der Waals surface area contributed by atoms with Gasteiger partial charge < -0.3 is 16.2 Å². The molecule has 1 unspecified atom stereocenters. The zero-order valence-corrected chi connectivity index (χ0v) is 16.6. The molecule has 0 fully saturated rings. The fraction of sp³-hybridized carbons (Fsp3) is 0.286. The summed E-state index contributed by atoms with van der Waals surface area (Å²) in [6, 6.07) is 12.1. The predicted molar refractivity (Wildman–Crippen MR) is 110 cm³/mol. The van der Waals surface area contributed by atoms with Crippen LogP contribution in [0, 0.1) is 11.7 Å². The van der Waals surface area contributed by atoms with Gasteiger partial charge in [-0.25, -0.2) is 4.39 Å². The molecule has 28 heavy (non-hydrogen) atoms. The van der Waals surface area contributed by atoms with Crippen LogP contribution in [-0.4, -0.2) is 21.1 Å². The smallest absolute Gasteiger partial charge is 0.141 e. The zero-order chi connectivity index (χ0) is 20.3. The summed E-state index contributed by atoms with van der Waals surface area (Å²) in [5.74, 6) is -0.622. The van der Waals surface area contributed by atoms with Crippen LogP contribution in [0.15, 0.2) is 54.9 Å². The number of aliphatic hydroxyl groups excluding tert-OH is 1. The lowest BCUT2D eigenvalue weighted by atomic mass is 9.94. The first-order valence-electron chi connectivity index (χ1n) is 9.07. The van der Waals surface area contributed by atoms with Crippen LogP contribution in [0.25, 0.3) is 11.1 Å². The molecule has 0 amide bonds. The molecule has 1 heterocycles. The summed E-state index contributed by atoms with van der Waals surface area (Å²) in [5.41, 5.74) is 10.0. The fourth-order valence-corrected chi connectivity index (χ4v) is 3.24. The van der Waals surface area contributed by atoms with Gasteiger partial charge in [0, 0.05) is 36.5 Å². The number of nitrogens with two attached hydrogens (primary N) is 1. The Labute approximate surface area is 168 Å². The van der Waals surface area contributed by atoms with E-state index in [1.807, 2.05) is 50.6 Å². The topological polar surface area (TPSA) is 76.1 Å². The Kier molecular flexibility index (Phi) is 6.34. The first-order valence-corrected chi connectivity index (χ1v) is 9.45. The third kappa shape index (κ3) is 4.90. The number of nitrogens with one attached hydrogen (secondary N) is 1. The van der Waals surface area contributed by atoms with Crippen LogP contribution in [0.2, 0.25) is 5.02 Å². The monoisotopic (exact) mass is 402 g/mol. The van der Waals surface area contributed by atoms with E-state index < -0.39 is 12.0 Å². The van der Waals surface area contributed by atoms with Crippen molar-refractivity contribution < 1.29 is 9.50 Å². The highest BCUT2D eigenvalue weighted by molar-refractivity contribution is 6.31. The SMILES string of the molecule is C[C@H](C[C@H](N)c1ccc(-c2cnn(C)c2)cc1)C(O)Nc1ccc(F)c(Cl)c1. The first kappa shape index (κ1) is 20.3. The molecule has 0 saturated carbocycles. The van der Waals surface area contributed by atoms with Gasteiger partial charge in [0.25, 0.3) is 0 Å². The minimum atomic E-state index is -0.831. The van der Waals surface area contributed by atoms with E-state index in [0.29, 0.717) is 12.1 Å². The lowest BCUT2D eigenvalue weighted by molar-refractivity contribution is 0.134. The van der Waals surface area contributed by atoms with Gasteiger partial charge in [0.1, 0.15) is 12.0 Å². The van der Waals surface area contributed by atoms with E-state index in [1.54, 1.807) is 4.68 Å². The first-order chi connectivity index (χ1) is 13.3. The van der Waals surface area contributed by atoms with E-state index in [4.69, 9.17) is 17.3 Å². The summed E-state index contributed by atoms with van der Waals surface area (Å²) < 4.78 is 15.0. The molecule has 2 aromatic carbocycles. The Morgan fingerprint density at radius 2 is 1.93 bits per heavy atom. The summed E-state index contributed by atoms with van der Waals surface area (Å²) >= 11 is 5.78. The number of aliphatic hydroxyl groups is 1. The molecule has 4 N–H and O–H groups in total. The number of hydrogen-bond donors (Lipinski definition) is 3. The van der Waals surface area contributed by atoms with Gasteiger partial charge in [-0.2, -0.15) is 5.10 Å². The van der Waals surface area contributed by atoms with Crippen molar-refractivity contribution in [1.29, 1.82) is 0 Å². The second-order valence-corrected chi connectivity index (χ2v) is 7.47. The lowest BCUT2D eigenvalue weighted by Gasteiger charge is -2.24. The standard InChI is InChI=1S/C21H24ClFN4O/c1-13(21(28)26-17-7-8-19(23)18(22)10-17)9-20(24)15-5-3-14(4-6-15)16-11-25-27(2)12-16/h3-8,10-13,20-21,26,28H,9,24H2,1-2H3/t13-,20+,21?/m1/s1. The van der Waals surface area contributed by atoms with Crippen molar-refractivity contribution >= 4 is 17.3 Å². The molecule has 0 aliphatic heterocycles. The van der Waals surface area contributed by atoms with Crippen LogP contribution in [-0.2, 0) is 7.05 Å². The van der Waals surface area contributed by atoms with Crippen LogP contribution in [0.4, 0.5) is 10.1 Å². The summed E-state index contributed by atoms with van der Waals surface area (Å²) in [4.78, 5) is 0. The van der Waals surface area contributed by atoms with Gasteiger partial charge in [0.2, 0.25) is 0 Å². The highest BCUT2D eigenvalue weighted by Gasteiger charge is 2.19. The van der Waals surface area contributed by atoms with Gasteiger partial charge in [-0.3, -0.25) is 4.68 Å². The Hall–Kier alpha value is -2.41. The maximum Gasteiger partial charge on any atom is 0.141 e. The molecule has 0 aliphatic carbocycles. The zero-order valence-electron chi connectivity index (χ0n) is 15.8. The van der Waals surface area contributed by atoms with E-state index in [0.717, 1.165) is 16.7 Å². The van der Waals surface area contributed by atoms with Crippen LogP contribution < -0.4 is 11.1 Å². The van der Waals surface area contributed by atoms with Gasteiger partial charge in [0.05, 0.1) is 11.2 Å². The quantitative estimate of drug-likeness (QED) is 0.514. The molecule has 7 heteroatoms. The van der Waals surface area contributed by atoms with E-state index in [9.17, 15) is 9.50 Å². The number of benzene rings is 2. The van der Waals surface area contributed by atoms with Crippen LogP contribution >= 0.6 is 11.6 Å². The molecule has 3 atom stereocenters. The van der Waals surface area contributed by atoms with Crippen molar-refractivity contribution in [3.8, 4) is 11.1 Å². The lowest BCUT2D eigenvalue weighted by Crippen LogP contribution is -2.29. The van der Waals surface area contributed by atoms with Gasteiger partial charge in [-0.15, -0.1) is 0 Å². The van der Waals surface area contributed by atoms with Gasteiger partial charge in [-0.1, -0.05) is 42.8 Å².